The van der Waals surface area contributed by atoms with Crippen LogP contribution in [-0.4, -0.2) is 21.2 Å². The number of nitrogens with zero attached hydrogens (tertiary/aromatic N) is 1. The average molecular weight is 472 g/mol. The van der Waals surface area contributed by atoms with E-state index in [2.05, 4.69) is 22.6 Å². The Hall–Kier alpha value is -1.51. The maximum atomic E-state index is 12.5. The molecule has 0 unspecified atom stereocenters. The zero-order valence-electron chi connectivity index (χ0n) is 12.2. The van der Waals surface area contributed by atoms with Gasteiger partial charge in [0.15, 0.2) is 0 Å². The molecule has 2 amide bonds. The van der Waals surface area contributed by atoms with E-state index in [1.54, 1.807) is 18.2 Å². The van der Waals surface area contributed by atoms with E-state index in [4.69, 9.17) is 11.6 Å². The molecule has 24 heavy (non-hydrogen) atoms. The van der Waals surface area contributed by atoms with Crippen molar-refractivity contribution in [2.75, 3.05) is 0 Å². The van der Waals surface area contributed by atoms with Crippen LogP contribution in [0.25, 0.3) is 6.08 Å². The van der Waals surface area contributed by atoms with Crippen LogP contribution in [0.1, 0.15) is 11.1 Å². The van der Waals surface area contributed by atoms with Crippen molar-refractivity contribution in [3.05, 3.63) is 67.1 Å². The molecule has 4 nitrogen and oxygen atoms in total. The average Bonchev–Trinajstić information content (AvgIpc) is 2.80. The van der Waals surface area contributed by atoms with Crippen LogP contribution >= 0.6 is 46.0 Å². The van der Waals surface area contributed by atoms with Crippen molar-refractivity contribution in [1.82, 2.24) is 4.90 Å². The lowest BCUT2D eigenvalue weighted by molar-refractivity contribution is -0.123. The molecular formula is C17H11ClINO3S. The number of phenols is 1. The monoisotopic (exact) mass is 471 g/mol. The normalized spacial score (nSPS) is 16.2. The van der Waals surface area contributed by atoms with E-state index in [1.807, 2.05) is 24.3 Å². The second-order valence-corrected chi connectivity index (χ2v) is 7.75. The van der Waals surface area contributed by atoms with E-state index < -0.39 is 0 Å². The molecule has 2 aromatic rings. The van der Waals surface area contributed by atoms with Gasteiger partial charge in [0.1, 0.15) is 5.75 Å². The number of halogens is 2. The molecule has 1 aliphatic rings. The molecule has 7 heteroatoms. The van der Waals surface area contributed by atoms with Gasteiger partial charge in [-0.2, -0.15) is 0 Å². The highest BCUT2D eigenvalue weighted by molar-refractivity contribution is 14.1. The fourth-order valence-electron chi connectivity index (χ4n) is 2.17. The van der Waals surface area contributed by atoms with E-state index in [9.17, 15) is 14.7 Å². The highest BCUT2D eigenvalue weighted by Crippen LogP contribution is 2.34. The van der Waals surface area contributed by atoms with Crippen LogP contribution in [0.4, 0.5) is 4.79 Å². The Morgan fingerprint density at radius 1 is 1.17 bits per heavy atom. The number of carbonyl (C=O) groups is 2. The van der Waals surface area contributed by atoms with Crippen LogP contribution in [0.5, 0.6) is 5.75 Å². The number of benzene rings is 2. The molecule has 0 aliphatic carbocycles. The molecule has 3 rings (SSSR count). The third kappa shape index (κ3) is 3.76. The molecule has 1 aliphatic heterocycles. The lowest BCUT2D eigenvalue weighted by atomic mass is 10.2. The Bertz CT molecular complexity index is 851. The second-order valence-electron chi connectivity index (χ2n) is 5.11. The number of carbonyl (C=O) groups excluding carboxylic acids is 2. The van der Waals surface area contributed by atoms with Crippen molar-refractivity contribution < 1.29 is 14.7 Å². The van der Waals surface area contributed by atoms with Gasteiger partial charge in [0.2, 0.25) is 0 Å². The lowest BCUT2D eigenvalue weighted by Crippen LogP contribution is -2.27. The predicted molar refractivity (Wildman–Crippen MR) is 104 cm³/mol. The van der Waals surface area contributed by atoms with Crippen LogP contribution in [0.15, 0.2) is 47.4 Å². The number of rotatable bonds is 3. The first-order chi connectivity index (χ1) is 11.4. The van der Waals surface area contributed by atoms with Crippen molar-refractivity contribution in [3.63, 3.8) is 0 Å². The molecule has 1 saturated heterocycles. The molecule has 0 spiro atoms. The zero-order valence-corrected chi connectivity index (χ0v) is 15.9. The van der Waals surface area contributed by atoms with E-state index in [0.29, 0.717) is 10.5 Å². The standard InChI is InChI=1S/C17H11ClINO3S/c18-13-7-11(3-6-14(13)21)8-15-16(22)20(17(23)24-15)9-10-1-4-12(19)5-2-10/h1-8,21H,9H2/b15-8+. The Labute approximate surface area is 161 Å². The van der Waals surface area contributed by atoms with Crippen LogP contribution in [0.2, 0.25) is 5.02 Å². The quantitative estimate of drug-likeness (QED) is 0.512. The van der Waals surface area contributed by atoms with Crippen molar-refractivity contribution in [3.8, 4) is 5.75 Å². The number of aromatic hydroxyl groups is 1. The maximum Gasteiger partial charge on any atom is 0.293 e. The molecule has 0 radical (unpaired) electrons. The first-order valence-electron chi connectivity index (χ1n) is 6.92. The van der Waals surface area contributed by atoms with Crippen molar-refractivity contribution >= 4 is 63.2 Å². The van der Waals surface area contributed by atoms with E-state index >= 15 is 0 Å². The second kappa shape index (κ2) is 7.16. The Morgan fingerprint density at radius 3 is 2.54 bits per heavy atom. The fraction of sp³-hybridized carbons (Fsp3) is 0.0588. The summed E-state index contributed by atoms with van der Waals surface area (Å²) in [6, 6.07) is 12.3. The fourth-order valence-corrected chi connectivity index (χ4v) is 3.56. The summed E-state index contributed by atoms with van der Waals surface area (Å²) >= 11 is 8.97. The number of amides is 2. The Kier molecular flexibility index (Phi) is 5.17. The number of hydrogen-bond donors (Lipinski definition) is 1. The topological polar surface area (TPSA) is 57.6 Å². The molecule has 1 fully saturated rings. The predicted octanol–water partition coefficient (Wildman–Crippen LogP) is 4.89. The van der Waals surface area contributed by atoms with Gasteiger partial charge in [0.05, 0.1) is 16.5 Å². The summed E-state index contributed by atoms with van der Waals surface area (Å²) in [4.78, 5) is 26.2. The summed E-state index contributed by atoms with van der Waals surface area (Å²) in [5, 5.41) is 9.34. The summed E-state index contributed by atoms with van der Waals surface area (Å²) in [6.07, 6.45) is 1.60. The highest BCUT2D eigenvalue weighted by Gasteiger charge is 2.34. The zero-order chi connectivity index (χ0) is 17.3. The van der Waals surface area contributed by atoms with Gasteiger partial charge in [0, 0.05) is 3.57 Å². The number of imide groups is 1. The summed E-state index contributed by atoms with van der Waals surface area (Å²) in [6.45, 7) is 0.245. The summed E-state index contributed by atoms with van der Waals surface area (Å²) < 4.78 is 1.09. The third-order valence-electron chi connectivity index (χ3n) is 3.40. The van der Waals surface area contributed by atoms with Gasteiger partial charge in [0.25, 0.3) is 11.1 Å². The van der Waals surface area contributed by atoms with Gasteiger partial charge < -0.3 is 5.11 Å². The van der Waals surface area contributed by atoms with E-state index in [-0.39, 0.29) is 28.5 Å². The first kappa shape index (κ1) is 17.3. The molecule has 0 atom stereocenters. The molecule has 122 valence electrons. The summed E-state index contributed by atoms with van der Waals surface area (Å²) in [5.41, 5.74) is 1.55. The van der Waals surface area contributed by atoms with Crippen LogP contribution in [0.3, 0.4) is 0 Å². The number of thioether (sulfide) groups is 1. The SMILES string of the molecule is O=C1S/C(=C/c2ccc(O)c(Cl)c2)C(=O)N1Cc1ccc(I)cc1. The molecule has 0 bridgehead atoms. The highest BCUT2D eigenvalue weighted by atomic mass is 127. The van der Waals surface area contributed by atoms with Crippen LogP contribution in [0, 0.1) is 3.57 Å². The molecular weight excluding hydrogens is 461 g/mol. The van der Waals surface area contributed by atoms with Gasteiger partial charge in [-0.25, -0.2) is 0 Å². The van der Waals surface area contributed by atoms with Gasteiger partial charge in [-0.3, -0.25) is 14.5 Å². The first-order valence-corrected chi connectivity index (χ1v) is 9.20. The van der Waals surface area contributed by atoms with Gasteiger partial charge in [-0.05, 0) is 75.8 Å². The van der Waals surface area contributed by atoms with Gasteiger partial charge >= 0.3 is 0 Å². The van der Waals surface area contributed by atoms with E-state index in [0.717, 1.165) is 20.9 Å². The Morgan fingerprint density at radius 2 is 1.88 bits per heavy atom. The number of phenolic OH excluding ortho intramolecular Hbond substituents is 1. The molecule has 1 N–H and O–H groups in total. The smallest absolute Gasteiger partial charge is 0.293 e. The Balaban J connectivity index is 1.81. The molecule has 2 aromatic carbocycles. The van der Waals surface area contributed by atoms with Crippen molar-refractivity contribution in [2.45, 2.75) is 6.54 Å². The molecule has 0 saturated carbocycles. The van der Waals surface area contributed by atoms with Crippen molar-refractivity contribution in [2.24, 2.45) is 0 Å². The summed E-state index contributed by atoms with van der Waals surface area (Å²) in [5.74, 6) is -0.353. The largest absolute Gasteiger partial charge is 0.506 e. The maximum absolute atomic E-state index is 12.5. The molecule has 0 aromatic heterocycles. The van der Waals surface area contributed by atoms with E-state index in [1.165, 1.54) is 11.0 Å². The van der Waals surface area contributed by atoms with Crippen molar-refractivity contribution in [1.29, 1.82) is 0 Å². The van der Waals surface area contributed by atoms with Gasteiger partial charge in [-0.1, -0.05) is 29.8 Å². The minimum absolute atomic E-state index is 0.0272. The van der Waals surface area contributed by atoms with Crippen LogP contribution in [-0.2, 0) is 11.3 Å². The number of hydrogen-bond acceptors (Lipinski definition) is 4. The van der Waals surface area contributed by atoms with Gasteiger partial charge in [-0.15, -0.1) is 0 Å². The van der Waals surface area contributed by atoms with Crippen LogP contribution < -0.4 is 0 Å². The minimum Gasteiger partial charge on any atom is -0.506 e. The summed E-state index contributed by atoms with van der Waals surface area (Å²) in [7, 11) is 0. The lowest BCUT2D eigenvalue weighted by Gasteiger charge is -2.12. The molecule has 1 heterocycles. The minimum atomic E-state index is -0.326. The third-order valence-corrected chi connectivity index (χ3v) is 5.33.